The Labute approximate surface area is 191 Å². The summed E-state index contributed by atoms with van der Waals surface area (Å²) in [5, 5.41) is 8.57. The lowest BCUT2D eigenvalue weighted by atomic mass is 10.1. The number of benzene rings is 1. The zero-order chi connectivity index (χ0) is 19.8. The van der Waals surface area contributed by atoms with Gasteiger partial charge in [-0.3, -0.25) is 9.89 Å². The van der Waals surface area contributed by atoms with Gasteiger partial charge >= 0.3 is 0 Å². The Balaban J connectivity index is 0.00000300. The van der Waals surface area contributed by atoms with Gasteiger partial charge in [0.05, 0.1) is 19.3 Å². The minimum Gasteiger partial charge on any atom is -0.379 e. The summed E-state index contributed by atoms with van der Waals surface area (Å²) in [5.41, 5.74) is 0.0928. The van der Waals surface area contributed by atoms with Crippen LogP contribution in [-0.2, 0) is 11.2 Å². The minimum atomic E-state index is -0.519. The van der Waals surface area contributed by atoms with E-state index in [9.17, 15) is 8.78 Å². The average molecular weight is 536 g/mol. The highest BCUT2D eigenvalue weighted by Gasteiger charge is 2.23. The maximum Gasteiger partial charge on any atom is 0.191 e. The molecule has 2 N–H and O–H groups in total. The largest absolute Gasteiger partial charge is 0.379 e. The second kappa shape index (κ2) is 12.4. The fourth-order valence-electron chi connectivity index (χ4n) is 3.27. The molecule has 0 radical (unpaired) electrons. The first-order chi connectivity index (χ1) is 13.7. The maximum atomic E-state index is 13.7. The van der Waals surface area contributed by atoms with Gasteiger partial charge in [0.15, 0.2) is 5.96 Å². The zero-order valence-corrected chi connectivity index (χ0v) is 19.5. The van der Waals surface area contributed by atoms with E-state index >= 15 is 0 Å². The molecule has 160 valence electrons. The van der Waals surface area contributed by atoms with E-state index in [1.165, 1.54) is 23.1 Å². The number of nitrogens with one attached hydrogen (secondary N) is 2. The van der Waals surface area contributed by atoms with Crippen LogP contribution in [0.5, 0.6) is 0 Å². The molecule has 3 rings (SSSR count). The zero-order valence-electron chi connectivity index (χ0n) is 16.4. The van der Waals surface area contributed by atoms with Gasteiger partial charge in [-0.15, -0.1) is 35.3 Å². The molecule has 0 bridgehead atoms. The van der Waals surface area contributed by atoms with Gasteiger partial charge in [-0.05, 0) is 30.0 Å². The summed E-state index contributed by atoms with van der Waals surface area (Å²) in [5.74, 6) is -0.420. The number of hydrogen-bond acceptors (Lipinski definition) is 4. The molecule has 29 heavy (non-hydrogen) atoms. The van der Waals surface area contributed by atoms with Crippen LogP contribution in [0.2, 0.25) is 0 Å². The Morgan fingerprint density at radius 2 is 1.90 bits per heavy atom. The number of guanidine groups is 1. The Morgan fingerprint density at radius 3 is 2.52 bits per heavy atom. The smallest absolute Gasteiger partial charge is 0.191 e. The van der Waals surface area contributed by atoms with E-state index < -0.39 is 11.6 Å². The third kappa shape index (κ3) is 6.87. The summed E-state index contributed by atoms with van der Waals surface area (Å²) in [4.78, 5) is 7.93. The van der Waals surface area contributed by atoms with Gasteiger partial charge in [0.2, 0.25) is 0 Å². The third-order valence-corrected chi connectivity index (χ3v) is 5.75. The molecule has 9 heteroatoms. The molecule has 0 spiro atoms. The normalized spacial score (nSPS) is 16.2. The second-order valence-electron chi connectivity index (χ2n) is 6.51. The van der Waals surface area contributed by atoms with Crippen molar-refractivity contribution in [3.05, 3.63) is 57.8 Å². The van der Waals surface area contributed by atoms with Crippen LogP contribution < -0.4 is 10.6 Å². The van der Waals surface area contributed by atoms with Crippen molar-refractivity contribution in [3.8, 4) is 0 Å². The molecule has 1 saturated heterocycles. The number of thiophene rings is 1. The highest BCUT2D eigenvalue weighted by Crippen LogP contribution is 2.25. The molecule has 1 fully saturated rings. The number of morpholine rings is 1. The van der Waals surface area contributed by atoms with Crippen LogP contribution in [-0.4, -0.2) is 57.3 Å². The van der Waals surface area contributed by atoms with Crippen LogP contribution in [0.3, 0.4) is 0 Å². The summed E-state index contributed by atoms with van der Waals surface area (Å²) in [6, 6.07) is 8.36. The molecule has 0 saturated carbocycles. The molecule has 1 aromatic heterocycles. The van der Waals surface area contributed by atoms with E-state index in [0.717, 1.165) is 26.3 Å². The van der Waals surface area contributed by atoms with Gasteiger partial charge in [0.25, 0.3) is 0 Å². The molecule has 1 unspecified atom stereocenters. The Bertz CT molecular complexity index is 750. The van der Waals surface area contributed by atoms with E-state index in [1.807, 2.05) is 0 Å². The van der Waals surface area contributed by atoms with E-state index in [2.05, 4.69) is 38.0 Å². The molecular weight excluding hydrogens is 509 g/mol. The number of nitrogens with zero attached hydrogens (tertiary/aromatic N) is 2. The predicted octanol–water partition coefficient (Wildman–Crippen LogP) is 3.43. The number of halogens is 3. The quantitative estimate of drug-likeness (QED) is 0.324. The third-order valence-electron chi connectivity index (χ3n) is 4.77. The standard InChI is InChI=1S/C20H26F2N4OS.HI/c1-23-20(24-8-7-15-16(21)4-2-5-17(15)22)25-14-18(19-6-3-13-28-19)26-9-11-27-12-10-26;/h2-6,13,18H,7-12,14H2,1H3,(H2,23,24,25);1H. The fraction of sp³-hybridized carbons (Fsp3) is 0.450. The summed E-state index contributed by atoms with van der Waals surface area (Å²) < 4.78 is 33.0. The average Bonchev–Trinajstić information content (AvgIpc) is 3.24. The molecule has 1 atom stereocenters. The lowest BCUT2D eigenvalue weighted by molar-refractivity contribution is 0.0177. The van der Waals surface area contributed by atoms with Crippen LogP contribution in [0, 0.1) is 11.6 Å². The van der Waals surface area contributed by atoms with Crippen molar-refractivity contribution in [3.63, 3.8) is 0 Å². The van der Waals surface area contributed by atoms with Gasteiger partial charge in [-0.2, -0.15) is 0 Å². The van der Waals surface area contributed by atoms with Crippen molar-refractivity contribution in [2.24, 2.45) is 4.99 Å². The van der Waals surface area contributed by atoms with Gasteiger partial charge in [0, 0.05) is 43.7 Å². The van der Waals surface area contributed by atoms with Crippen LogP contribution in [0.15, 0.2) is 40.7 Å². The van der Waals surface area contributed by atoms with Crippen molar-refractivity contribution in [2.45, 2.75) is 12.5 Å². The van der Waals surface area contributed by atoms with Gasteiger partial charge in [0.1, 0.15) is 11.6 Å². The molecule has 2 aromatic rings. The first-order valence-corrected chi connectivity index (χ1v) is 10.3. The van der Waals surface area contributed by atoms with Crippen molar-refractivity contribution in [2.75, 3.05) is 46.4 Å². The number of aliphatic imine (C=N–C) groups is 1. The number of hydrogen-bond donors (Lipinski definition) is 2. The first kappa shape index (κ1) is 24.0. The molecule has 1 aliphatic rings. The lowest BCUT2D eigenvalue weighted by Gasteiger charge is -2.34. The minimum absolute atomic E-state index is 0. The van der Waals surface area contributed by atoms with Crippen LogP contribution in [0.25, 0.3) is 0 Å². The summed E-state index contributed by atoms with van der Waals surface area (Å²) in [7, 11) is 1.69. The molecular formula is C20H27F2IN4OS. The lowest BCUT2D eigenvalue weighted by Crippen LogP contribution is -2.46. The van der Waals surface area contributed by atoms with E-state index in [0.29, 0.717) is 19.0 Å². The van der Waals surface area contributed by atoms with Crippen LogP contribution in [0.1, 0.15) is 16.5 Å². The van der Waals surface area contributed by atoms with Crippen molar-refractivity contribution in [1.82, 2.24) is 15.5 Å². The van der Waals surface area contributed by atoms with E-state index in [-0.39, 0.29) is 42.0 Å². The van der Waals surface area contributed by atoms with E-state index in [4.69, 9.17) is 4.74 Å². The SMILES string of the molecule is CN=C(NCCc1c(F)cccc1F)NCC(c1cccs1)N1CCOCC1.I. The van der Waals surface area contributed by atoms with Crippen molar-refractivity contribution in [1.29, 1.82) is 0 Å². The number of rotatable bonds is 7. The molecule has 0 aliphatic carbocycles. The maximum absolute atomic E-state index is 13.7. The number of ether oxygens (including phenoxy) is 1. The highest BCUT2D eigenvalue weighted by molar-refractivity contribution is 14.0. The topological polar surface area (TPSA) is 48.9 Å². The monoisotopic (exact) mass is 536 g/mol. The molecule has 5 nitrogen and oxygen atoms in total. The Hall–Kier alpha value is -1.30. The fourth-order valence-corrected chi connectivity index (χ4v) is 4.13. The van der Waals surface area contributed by atoms with Crippen molar-refractivity contribution >= 4 is 41.3 Å². The summed E-state index contributed by atoms with van der Waals surface area (Å²) in [6.07, 6.45) is 0.247. The molecule has 2 heterocycles. The second-order valence-corrected chi connectivity index (χ2v) is 7.49. The Morgan fingerprint density at radius 1 is 1.17 bits per heavy atom. The predicted molar refractivity (Wildman–Crippen MR) is 124 cm³/mol. The van der Waals surface area contributed by atoms with Crippen LogP contribution >= 0.6 is 35.3 Å². The summed E-state index contributed by atoms with van der Waals surface area (Å²) in [6.45, 7) is 4.34. The first-order valence-electron chi connectivity index (χ1n) is 9.41. The van der Waals surface area contributed by atoms with Gasteiger partial charge < -0.3 is 15.4 Å². The Kier molecular flexibility index (Phi) is 10.3. The molecule has 1 aliphatic heterocycles. The van der Waals surface area contributed by atoms with Gasteiger partial charge in [-0.25, -0.2) is 8.78 Å². The van der Waals surface area contributed by atoms with Crippen LogP contribution in [0.4, 0.5) is 8.78 Å². The van der Waals surface area contributed by atoms with Gasteiger partial charge in [-0.1, -0.05) is 12.1 Å². The molecule has 1 aromatic carbocycles. The molecule has 0 amide bonds. The highest BCUT2D eigenvalue weighted by atomic mass is 127. The summed E-state index contributed by atoms with van der Waals surface area (Å²) >= 11 is 1.74. The van der Waals surface area contributed by atoms with E-state index in [1.54, 1.807) is 18.4 Å². The van der Waals surface area contributed by atoms with Crippen molar-refractivity contribution < 1.29 is 13.5 Å².